The summed E-state index contributed by atoms with van der Waals surface area (Å²) in [6, 6.07) is 5.13. The normalized spacial score (nSPS) is 22.6. The van der Waals surface area contributed by atoms with Crippen LogP contribution in [0.15, 0.2) is 23.4 Å². The van der Waals surface area contributed by atoms with E-state index < -0.39 is 6.10 Å². The van der Waals surface area contributed by atoms with Crippen LogP contribution < -0.4 is 5.32 Å². The van der Waals surface area contributed by atoms with Gasteiger partial charge in [-0.05, 0) is 31.9 Å². The first-order chi connectivity index (χ1) is 12.5. The van der Waals surface area contributed by atoms with E-state index in [1.807, 2.05) is 6.92 Å². The number of nitrogens with one attached hydrogen (secondary N) is 1. The number of nitrogens with zero attached hydrogens (tertiary/aromatic N) is 2. The molecule has 0 unspecified atom stereocenters. The minimum Gasteiger partial charge on any atom is -0.382 e. The summed E-state index contributed by atoms with van der Waals surface area (Å²) in [5.41, 5.74) is 1.34. The van der Waals surface area contributed by atoms with E-state index >= 15 is 0 Å². The molecule has 0 aliphatic carbocycles. The van der Waals surface area contributed by atoms with E-state index in [0.29, 0.717) is 47.4 Å². The van der Waals surface area contributed by atoms with E-state index in [9.17, 15) is 9.59 Å². The summed E-state index contributed by atoms with van der Waals surface area (Å²) in [5.74, 6) is -0.301. The summed E-state index contributed by atoms with van der Waals surface area (Å²) < 4.78 is 0. The van der Waals surface area contributed by atoms with Crippen LogP contribution in [0.4, 0.5) is 0 Å². The highest BCUT2D eigenvalue weighted by molar-refractivity contribution is 6.37. The van der Waals surface area contributed by atoms with Gasteiger partial charge in [0, 0.05) is 36.6 Å². The summed E-state index contributed by atoms with van der Waals surface area (Å²) in [6.45, 7) is 3.53. The maximum absolute atomic E-state index is 12.8. The monoisotopic (exact) mass is 397 g/mol. The van der Waals surface area contributed by atoms with Gasteiger partial charge in [-0.2, -0.15) is 0 Å². The summed E-state index contributed by atoms with van der Waals surface area (Å²) in [4.78, 5) is 31.9. The van der Waals surface area contributed by atoms with E-state index in [2.05, 4.69) is 10.5 Å². The second-order valence-electron chi connectivity index (χ2n) is 6.48. The first-order valence-electron chi connectivity index (χ1n) is 8.74. The second-order valence-corrected chi connectivity index (χ2v) is 7.32. The lowest BCUT2D eigenvalue weighted by molar-refractivity contribution is -0.145. The highest BCUT2D eigenvalue weighted by atomic mass is 35.5. The Morgan fingerprint density at radius 2 is 2.19 bits per heavy atom. The average Bonchev–Trinajstić information content (AvgIpc) is 3.11. The Labute approximate surface area is 162 Å². The highest BCUT2D eigenvalue weighted by Crippen LogP contribution is 2.27. The van der Waals surface area contributed by atoms with Crippen molar-refractivity contribution in [1.82, 2.24) is 10.2 Å². The van der Waals surface area contributed by atoms with Crippen LogP contribution in [0.25, 0.3) is 0 Å². The molecule has 2 aliphatic heterocycles. The van der Waals surface area contributed by atoms with Crippen molar-refractivity contribution in [2.75, 3.05) is 19.6 Å². The number of piperidine rings is 1. The number of rotatable bonds is 4. The SMILES string of the molecule is CCNC(=O)[C@@H]1CCCN(C(=O)[C@H]2CC(c3ccc(Cl)cc3Cl)=NO2)C1. The highest BCUT2D eigenvalue weighted by Gasteiger charge is 2.36. The third-order valence-electron chi connectivity index (χ3n) is 4.64. The maximum atomic E-state index is 12.8. The molecule has 1 aromatic rings. The predicted octanol–water partition coefficient (Wildman–Crippen LogP) is 2.86. The lowest BCUT2D eigenvalue weighted by Crippen LogP contribution is -2.48. The molecule has 2 atom stereocenters. The van der Waals surface area contributed by atoms with Crippen molar-refractivity contribution < 1.29 is 14.4 Å². The number of hydrogen-bond donors (Lipinski definition) is 1. The smallest absolute Gasteiger partial charge is 0.266 e. The molecule has 2 heterocycles. The first kappa shape index (κ1) is 19.0. The van der Waals surface area contributed by atoms with Gasteiger partial charge in [0.1, 0.15) is 0 Å². The number of amides is 2. The van der Waals surface area contributed by atoms with Crippen LogP contribution in [0, 0.1) is 5.92 Å². The van der Waals surface area contributed by atoms with E-state index in [0.717, 1.165) is 12.8 Å². The Balaban J connectivity index is 1.62. The molecule has 0 radical (unpaired) electrons. The van der Waals surface area contributed by atoms with Crippen LogP contribution in [-0.2, 0) is 14.4 Å². The standard InChI is InChI=1S/C18H21Cl2N3O3/c1-2-21-17(24)11-4-3-7-23(10-11)18(25)16-9-15(22-26-16)13-6-5-12(19)8-14(13)20/h5-6,8,11,16H,2-4,7,9-10H2,1H3,(H,21,24)/t11-,16-/m1/s1. The molecule has 1 aromatic carbocycles. The van der Waals surface area contributed by atoms with Gasteiger partial charge in [0.15, 0.2) is 0 Å². The van der Waals surface area contributed by atoms with Gasteiger partial charge in [-0.15, -0.1) is 0 Å². The first-order valence-corrected chi connectivity index (χ1v) is 9.49. The van der Waals surface area contributed by atoms with Crippen LogP contribution in [0.1, 0.15) is 31.7 Å². The molecule has 2 amide bonds. The molecule has 0 saturated carbocycles. The van der Waals surface area contributed by atoms with Gasteiger partial charge in [-0.25, -0.2) is 0 Å². The molecule has 6 nitrogen and oxygen atoms in total. The molecule has 1 N–H and O–H groups in total. The molecule has 2 aliphatic rings. The number of carbonyl (C=O) groups is 2. The molecule has 0 bridgehead atoms. The zero-order chi connectivity index (χ0) is 18.7. The zero-order valence-corrected chi connectivity index (χ0v) is 16.0. The van der Waals surface area contributed by atoms with Crippen molar-refractivity contribution in [1.29, 1.82) is 0 Å². The number of halogens is 2. The molecule has 0 aromatic heterocycles. The molecule has 140 valence electrons. The number of likely N-dealkylation sites (tertiary alicyclic amines) is 1. The Kier molecular flexibility index (Phi) is 6.04. The average molecular weight is 398 g/mol. The largest absolute Gasteiger partial charge is 0.382 e. The van der Waals surface area contributed by atoms with Gasteiger partial charge >= 0.3 is 0 Å². The number of benzene rings is 1. The zero-order valence-electron chi connectivity index (χ0n) is 14.5. The lowest BCUT2D eigenvalue weighted by atomic mass is 9.96. The van der Waals surface area contributed by atoms with Crippen LogP contribution in [0.5, 0.6) is 0 Å². The fourth-order valence-electron chi connectivity index (χ4n) is 3.31. The number of carbonyl (C=O) groups excluding carboxylic acids is 2. The van der Waals surface area contributed by atoms with Crippen LogP contribution in [-0.4, -0.2) is 48.2 Å². The number of hydrogen-bond acceptors (Lipinski definition) is 4. The minimum absolute atomic E-state index is 0.00206. The van der Waals surface area contributed by atoms with Crippen molar-refractivity contribution in [2.45, 2.75) is 32.3 Å². The van der Waals surface area contributed by atoms with Gasteiger partial charge in [0.25, 0.3) is 5.91 Å². The second kappa shape index (κ2) is 8.27. The van der Waals surface area contributed by atoms with E-state index in [4.69, 9.17) is 28.0 Å². The molecule has 26 heavy (non-hydrogen) atoms. The van der Waals surface area contributed by atoms with E-state index in [-0.39, 0.29) is 17.7 Å². The minimum atomic E-state index is -0.676. The third kappa shape index (κ3) is 4.13. The summed E-state index contributed by atoms with van der Waals surface area (Å²) in [5, 5.41) is 7.88. The molecule has 0 spiro atoms. The molecule has 8 heteroatoms. The maximum Gasteiger partial charge on any atom is 0.266 e. The fourth-order valence-corrected chi connectivity index (χ4v) is 3.82. The van der Waals surface area contributed by atoms with E-state index in [1.54, 1.807) is 23.1 Å². The number of oxime groups is 1. The van der Waals surface area contributed by atoms with Gasteiger partial charge < -0.3 is 15.1 Å². The van der Waals surface area contributed by atoms with Crippen LogP contribution in [0.2, 0.25) is 10.0 Å². The molecule has 1 fully saturated rings. The fraction of sp³-hybridized carbons (Fsp3) is 0.500. The van der Waals surface area contributed by atoms with Gasteiger partial charge in [0.05, 0.1) is 16.7 Å². The third-order valence-corrected chi connectivity index (χ3v) is 5.19. The quantitative estimate of drug-likeness (QED) is 0.848. The Morgan fingerprint density at radius 1 is 1.38 bits per heavy atom. The van der Waals surface area contributed by atoms with Crippen LogP contribution >= 0.6 is 23.2 Å². The summed E-state index contributed by atoms with van der Waals surface area (Å²) >= 11 is 12.1. The van der Waals surface area contributed by atoms with Crippen molar-refractivity contribution >= 4 is 40.7 Å². The summed E-state index contributed by atoms with van der Waals surface area (Å²) in [7, 11) is 0. The van der Waals surface area contributed by atoms with Gasteiger partial charge in [-0.3, -0.25) is 9.59 Å². The van der Waals surface area contributed by atoms with Crippen molar-refractivity contribution in [2.24, 2.45) is 11.1 Å². The van der Waals surface area contributed by atoms with Crippen molar-refractivity contribution in [3.05, 3.63) is 33.8 Å². The Hall–Kier alpha value is -1.79. The van der Waals surface area contributed by atoms with Crippen molar-refractivity contribution in [3.63, 3.8) is 0 Å². The topological polar surface area (TPSA) is 71.0 Å². The molecule has 3 rings (SSSR count). The molecular weight excluding hydrogens is 377 g/mol. The van der Waals surface area contributed by atoms with Gasteiger partial charge in [-0.1, -0.05) is 34.4 Å². The van der Waals surface area contributed by atoms with E-state index in [1.165, 1.54) is 0 Å². The van der Waals surface area contributed by atoms with Crippen molar-refractivity contribution in [3.8, 4) is 0 Å². The Morgan fingerprint density at radius 3 is 2.92 bits per heavy atom. The summed E-state index contributed by atoms with van der Waals surface area (Å²) in [6.07, 6.45) is 1.27. The Bertz CT molecular complexity index is 738. The van der Waals surface area contributed by atoms with Crippen LogP contribution in [0.3, 0.4) is 0 Å². The molecular formula is C18H21Cl2N3O3. The lowest BCUT2D eigenvalue weighted by Gasteiger charge is -2.33. The predicted molar refractivity (Wildman–Crippen MR) is 100 cm³/mol. The van der Waals surface area contributed by atoms with Gasteiger partial charge in [0.2, 0.25) is 12.0 Å². The molecule has 1 saturated heterocycles.